The molecule has 0 spiro atoms. The third-order valence-corrected chi connectivity index (χ3v) is 7.20. The highest BCUT2D eigenvalue weighted by Gasteiger charge is 2.31. The molecule has 0 N–H and O–H groups in total. The van der Waals surface area contributed by atoms with Gasteiger partial charge in [0.1, 0.15) is 5.82 Å². The Kier molecular flexibility index (Phi) is 7.93. The van der Waals surface area contributed by atoms with E-state index in [4.69, 9.17) is 4.74 Å². The van der Waals surface area contributed by atoms with E-state index < -0.39 is 0 Å². The van der Waals surface area contributed by atoms with Crippen LogP contribution in [0.25, 0.3) is 0 Å². The molecule has 2 saturated carbocycles. The van der Waals surface area contributed by atoms with E-state index in [1.807, 2.05) is 6.07 Å². The monoisotopic (exact) mass is 372 g/mol. The maximum absolute atomic E-state index is 14.2. The predicted octanol–water partition coefficient (Wildman–Crippen LogP) is 7.41. The molecular formula is C25H37FO. The fourth-order valence-electron chi connectivity index (χ4n) is 5.51. The Morgan fingerprint density at radius 1 is 1.04 bits per heavy atom. The number of rotatable bonds is 8. The van der Waals surface area contributed by atoms with Crippen LogP contribution >= 0.6 is 0 Å². The van der Waals surface area contributed by atoms with Crippen LogP contribution in [0.15, 0.2) is 30.9 Å². The molecule has 0 radical (unpaired) electrons. The van der Waals surface area contributed by atoms with E-state index in [0.717, 1.165) is 17.8 Å². The third-order valence-electron chi connectivity index (χ3n) is 7.20. The van der Waals surface area contributed by atoms with Crippen molar-refractivity contribution < 1.29 is 9.13 Å². The average Bonchev–Trinajstić information content (AvgIpc) is 2.71. The summed E-state index contributed by atoms with van der Waals surface area (Å²) >= 11 is 0. The topological polar surface area (TPSA) is 9.23 Å². The van der Waals surface area contributed by atoms with Crippen molar-refractivity contribution in [2.75, 3.05) is 7.11 Å². The Labute approximate surface area is 165 Å². The summed E-state index contributed by atoms with van der Waals surface area (Å²) in [5, 5.41) is 0. The second-order valence-electron chi connectivity index (χ2n) is 8.90. The van der Waals surface area contributed by atoms with Gasteiger partial charge in [-0.25, -0.2) is 4.39 Å². The standard InChI is InChI=1S/C25H37FO/c1-3-4-5-6-19-7-9-20(10-8-19)21-11-13-22(14-12-21)23-15-16-24(18-27-2)25(26)17-23/h3,15-17,19-22H,1,4-14,18H2,2H3. The minimum atomic E-state index is -0.105. The fraction of sp³-hybridized carbons (Fsp3) is 0.680. The summed E-state index contributed by atoms with van der Waals surface area (Å²) in [5.41, 5.74) is 1.86. The summed E-state index contributed by atoms with van der Waals surface area (Å²) < 4.78 is 19.3. The quantitative estimate of drug-likeness (QED) is 0.341. The zero-order valence-corrected chi connectivity index (χ0v) is 17.1. The van der Waals surface area contributed by atoms with Crippen molar-refractivity contribution in [1.29, 1.82) is 0 Å². The Balaban J connectivity index is 1.44. The molecule has 1 nitrogen and oxygen atoms in total. The Bertz CT molecular complexity index is 580. The Morgan fingerprint density at radius 2 is 1.70 bits per heavy atom. The van der Waals surface area contributed by atoms with Gasteiger partial charge in [0, 0.05) is 12.7 Å². The maximum Gasteiger partial charge on any atom is 0.129 e. The number of hydrogen-bond acceptors (Lipinski definition) is 1. The molecule has 0 saturated heterocycles. The number of benzene rings is 1. The first-order valence-electron chi connectivity index (χ1n) is 11.1. The molecule has 1 aromatic carbocycles. The van der Waals surface area contributed by atoms with Crippen LogP contribution in [0.1, 0.15) is 87.7 Å². The number of ether oxygens (including phenoxy) is 1. The van der Waals surface area contributed by atoms with E-state index in [9.17, 15) is 4.39 Å². The molecule has 2 aliphatic rings. The smallest absolute Gasteiger partial charge is 0.129 e. The maximum atomic E-state index is 14.2. The molecular weight excluding hydrogens is 335 g/mol. The number of allylic oxidation sites excluding steroid dienone is 1. The molecule has 0 amide bonds. The van der Waals surface area contributed by atoms with Gasteiger partial charge in [0.25, 0.3) is 0 Å². The normalized spacial score (nSPS) is 28.8. The molecule has 1 aromatic rings. The molecule has 0 aliphatic heterocycles. The van der Waals surface area contributed by atoms with Crippen LogP contribution in [0.2, 0.25) is 0 Å². The molecule has 27 heavy (non-hydrogen) atoms. The van der Waals surface area contributed by atoms with Gasteiger partial charge >= 0.3 is 0 Å². The lowest BCUT2D eigenvalue weighted by Crippen LogP contribution is -2.25. The van der Waals surface area contributed by atoms with Gasteiger partial charge in [-0.05, 0) is 86.7 Å². The van der Waals surface area contributed by atoms with Gasteiger partial charge < -0.3 is 4.74 Å². The van der Waals surface area contributed by atoms with E-state index in [0.29, 0.717) is 18.1 Å². The summed E-state index contributed by atoms with van der Waals surface area (Å²) in [6.07, 6.45) is 16.8. The highest BCUT2D eigenvalue weighted by molar-refractivity contribution is 5.27. The second kappa shape index (κ2) is 10.4. The number of hydrogen-bond donors (Lipinski definition) is 0. The predicted molar refractivity (Wildman–Crippen MR) is 111 cm³/mol. The van der Waals surface area contributed by atoms with E-state index in [1.165, 1.54) is 76.2 Å². The SMILES string of the molecule is C=CCCCC1CCC(C2CCC(c3ccc(COC)c(F)c3)CC2)CC1. The number of unbranched alkanes of at least 4 members (excludes halogenated alkanes) is 1. The van der Waals surface area contributed by atoms with Gasteiger partial charge in [-0.2, -0.15) is 0 Å². The van der Waals surface area contributed by atoms with Crippen molar-refractivity contribution in [1.82, 2.24) is 0 Å². The molecule has 0 bridgehead atoms. The van der Waals surface area contributed by atoms with E-state index in [2.05, 4.69) is 18.7 Å². The molecule has 0 aromatic heterocycles. The average molecular weight is 373 g/mol. The van der Waals surface area contributed by atoms with Crippen molar-refractivity contribution in [3.05, 3.63) is 47.8 Å². The minimum absolute atomic E-state index is 0.105. The summed E-state index contributed by atoms with van der Waals surface area (Å²) in [6, 6.07) is 5.79. The van der Waals surface area contributed by atoms with Gasteiger partial charge in [0.15, 0.2) is 0 Å². The summed E-state index contributed by atoms with van der Waals surface area (Å²) in [5.74, 6) is 3.26. The van der Waals surface area contributed by atoms with Gasteiger partial charge in [-0.15, -0.1) is 6.58 Å². The molecule has 2 heteroatoms. The summed E-state index contributed by atoms with van der Waals surface area (Å²) in [7, 11) is 1.61. The van der Waals surface area contributed by atoms with E-state index in [1.54, 1.807) is 13.2 Å². The zero-order valence-electron chi connectivity index (χ0n) is 17.1. The molecule has 0 atom stereocenters. The van der Waals surface area contributed by atoms with Crippen LogP contribution in [0.4, 0.5) is 4.39 Å². The largest absolute Gasteiger partial charge is 0.380 e. The lowest BCUT2D eigenvalue weighted by Gasteiger charge is -2.38. The molecule has 3 rings (SSSR count). The highest BCUT2D eigenvalue weighted by Crippen LogP contribution is 2.44. The van der Waals surface area contributed by atoms with E-state index >= 15 is 0 Å². The molecule has 2 fully saturated rings. The first-order chi connectivity index (χ1) is 13.2. The Morgan fingerprint density at radius 3 is 2.30 bits per heavy atom. The molecule has 2 aliphatic carbocycles. The summed E-state index contributed by atoms with van der Waals surface area (Å²) in [4.78, 5) is 0. The number of methoxy groups -OCH3 is 1. The lowest BCUT2D eigenvalue weighted by atomic mass is 9.68. The minimum Gasteiger partial charge on any atom is -0.380 e. The second-order valence-corrected chi connectivity index (χ2v) is 8.90. The third kappa shape index (κ3) is 5.67. The van der Waals surface area contributed by atoms with Gasteiger partial charge in [0.2, 0.25) is 0 Å². The van der Waals surface area contributed by atoms with Crippen molar-refractivity contribution in [3.63, 3.8) is 0 Å². The lowest BCUT2D eigenvalue weighted by molar-refractivity contribution is 0.156. The van der Waals surface area contributed by atoms with Gasteiger partial charge in [0.05, 0.1) is 6.61 Å². The van der Waals surface area contributed by atoms with Crippen LogP contribution in [0.5, 0.6) is 0 Å². The Hall–Kier alpha value is -1.15. The van der Waals surface area contributed by atoms with E-state index in [-0.39, 0.29) is 5.82 Å². The van der Waals surface area contributed by atoms with Crippen molar-refractivity contribution >= 4 is 0 Å². The van der Waals surface area contributed by atoms with Crippen LogP contribution in [-0.4, -0.2) is 7.11 Å². The first-order valence-corrected chi connectivity index (χ1v) is 11.1. The van der Waals surface area contributed by atoms with Gasteiger partial charge in [-0.1, -0.05) is 37.5 Å². The van der Waals surface area contributed by atoms with Crippen molar-refractivity contribution in [3.8, 4) is 0 Å². The van der Waals surface area contributed by atoms with Gasteiger partial charge in [-0.3, -0.25) is 0 Å². The zero-order chi connectivity index (χ0) is 19.1. The van der Waals surface area contributed by atoms with Crippen LogP contribution in [-0.2, 0) is 11.3 Å². The fourth-order valence-corrected chi connectivity index (χ4v) is 5.51. The van der Waals surface area contributed by atoms with Crippen molar-refractivity contribution in [2.24, 2.45) is 17.8 Å². The van der Waals surface area contributed by atoms with Crippen molar-refractivity contribution in [2.45, 2.75) is 83.2 Å². The van der Waals surface area contributed by atoms with Crippen LogP contribution in [0.3, 0.4) is 0 Å². The number of halogens is 1. The summed E-state index contributed by atoms with van der Waals surface area (Å²) in [6.45, 7) is 4.19. The molecule has 0 heterocycles. The first kappa shape index (κ1) is 20.6. The molecule has 150 valence electrons. The molecule has 0 unspecified atom stereocenters. The highest BCUT2D eigenvalue weighted by atomic mass is 19.1. The van der Waals surface area contributed by atoms with Crippen LogP contribution < -0.4 is 0 Å². The van der Waals surface area contributed by atoms with Crippen LogP contribution in [0, 0.1) is 23.6 Å².